The molecular formula is C16H26F3IN4O2. The van der Waals surface area contributed by atoms with Crippen molar-refractivity contribution >= 4 is 29.9 Å². The molecule has 0 unspecified atom stereocenters. The maximum Gasteiger partial charge on any atom is 0.422 e. The molecule has 1 heterocycles. The Morgan fingerprint density at radius 2 is 2.00 bits per heavy atom. The van der Waals surface area contributed by atoms with Crippen LogP contribution in [0.1, 0.15) is 25.3 Å². The van der Waals surface area contributed by atoms with Crippen molar-refractivity contribution in [2.75, 3.05) is 33.4 Å². The molecule has 150 valence electrons. The maximum absolute atomic E-state index is 12.1. The average Bonchev–Trinajstić information content (AvgIpc) is 2.59. The van der Waals surface area contributed by atoms with Crippen LogP contribution in [-0.2, 0) is 11.3 Å². The number of ether oxygens (including phenoxy) is 2. The largest absolute Gasteiger partial charge is 0.468 e. The molecule has 1 aromatic rings. The van der Waals surface area contributed by atoms with Gasteiger partial charge in [0.1, 0.15) is 0 Å². The molecule has 0 atom stereocenters. The average molecular weight is 490 g/mol. The highest BCUT2D eigenvalue weighted by atomic mass is 127. The second-order valence-electron chi connectivity index (χ2n) is 5.17. The number of unbranched alkanes of at least 4 members (excludes halogenated alkanes) is 1. The fraction of sp³-hybridized carbons (Fsp3) is 0.625. The van der Waals surface area contributed by atoms with E-state index in [2.05, 4.69) is 25.3 Å². The van der Waals surface area contributed by atoms with Crippen LogP contribution in [0.4, 0.5) is 13.2 Å². The van der Waals surface area contributed by atoms with Gasteiger partial charge < -0.3 is 20.1 Å². The Kier molecular flexibility index (Phi) is 13.2. The monoisotopic (exact) mass is 490 g/mol. The number of hydrogen-bond acceptors (Lipinski definition) is 4. The highest BCUT2D eigenvalue weighted by Crippen LogP contribution is 2.16. The molecule has 0 aliphatic carbocycles. The Labute approximate surface area is 169 Å². The van der Waals surface area contributed by atoms with Crippen molar-refractivity contribution in [3.8, 4) is 5.88 Å². The molecule has 0 saturated heterocycles. The number of hydrogen-bond donors (Lipinski definition) is 2. The van der Waals surface area contributed by atoms with E-state index in [1.165, 1.54) is 12.3 Å². The number of nitrogens with one attached hydrogen (secondary N) is 2. The highest BCUT2D eigenvalue weighted by Gasteiger charge is 2.28. The molecule has 0 aliphatic rings. The molecule has 0 fully saturated rings. The predicted molar refractivity (Wildman–Crippen MR) is 105 cm³/mol. The van der Waals surface area contributed by atoms with Gasteiger partial charge in [-0.25, -0.2) is 4.98 Å². The van der Waals surface area contributed by atoms with Crippen LogP contribution in [0.25, 0.3) is 0 Å². The standard InChI is InChI=1S/C16H25F3N4O2.HI/c1-3-24-9-5-4-8-21-15(20-2)23-11-13-6-7-14(22-10-13)25-12-16(17,18)19;/h6-7,10H,3-5,8-9,11-12H2,1-2H3,(H2,20,21,23);1H. The van der Waals surface area contributed by atoms with E-state index in [0.29, 0.717) is 12.5 Å². The molecule has 0 aliphatic heterocycles. The van der Waals surface area contributed by atoms with Crippen molar-refractivity contribution in [3.05, 3.63) is 23.9 Å². The van der Waals surface area contributed by atoms with Gasteiger partial charge in [0, 0.05) is 45.6 Å². The molecular weight excluding hydrogens is 464 g/mol. The van der Waals surface area contributed by atoms with Crippen molar-refractivity contribution in [3.63, 3.8) is 0 Å². The summed E-state index contributed by atoms with van der Waals surface area (Å²) in [6, 6.07) is 3.06. The van der Waals surface area contributed by atoms with E-state index in [9.17, 15) is 13.2 Å². The zero-order chi connectivity index (χ0) is 18.5. The van der Waals surface area contributed by atoms with Crippen molar-refractivity contribution in [1.29, 1.82) is 0 Å². The van der Waals surface area contributed by atoms with E-state index < -0.39 is 12.8 Å². The first kappa shape index (κ1) is 24.7. The highest BCUT2D eigenvalue weighted by molar-refractivity contribution is 14.0. The molecule has 0 spiro atoms. The number of aromatic nitrogens is 1. The second kappa shape index (κ2) is 13.8. The molecule has 26 heavy (non-hydrogen) atoms. The van der Waals surface area contributed by atoms with E-state index in [1.54, 1.807) is 13.1 Å². The van der Waals surface area contributed by atoms with Crippen molar-refractivity contribution in [2.45, 2.75) is 32.5 Å². The molecule has 1 aromatic heterocycles. The van der Waals surface area contributed by atoms with Crippen LogP contribution in [0, 0.1) is 0 Å². The number of pyridine rings is 1. The number of nitrogens with zero attached hydrogens (tertiary/aromatic N) is 2. The Hall–Kier alpha value is -1.30. The summed E-state index contributed by atoms with van der Waals surface area (Å²) in [7, 11) is 1.67. The lowest BCUT2D eigenvalue weighted by molar-refractivity contribution is -0.154. The smallest absolute Gasteiger partial charge is 0.422 e. The quantitative estimate of drug-likeness (QED) is 0.229. The van der Waals surface area contributed by atoms with Gasteiger partial charge in [0.15, 0.2) is 12.6 Å². The summed E-state index contributed by atoms with van der Waals surface area (Å²) < 4.78 is 46.0. The number of aliphatic imine (C=N–C) groups is 1. The summed E-state index contributed by atoms with van der Waals surface area (Å²) >= 11 is 0. The van der Waals surface area contributed by atoms with Crippen LogP contribution >= 0.6 is 24.0 Å². The number of rotatable bonds is 10. The molecule has 1 rings (SSSR count). The zero-order valence-corrected chi connectivity index (χ0v) is 17.3. The predicted octanol–water partition coefficient (Wildman–Crippen LogP) is 3.12. The Morgan fingerprint density at radius 3 is 2.58 bits per heavy atom. The lowest BCUT2D eigenvalue weighted by Crippen LogP contribution is -2.37. The topological polar surface area (TPSA) is 67.8 Å². The van der Waals surface area contributed by atoms with Gasteiger partial charge in [0.25, 0.3) is 0 Å². The Morgan fingerprint density at radius 1 is 1.23 bits per heavy atom. The first-order valence-corrected chi connectivity index (χ1v) is 8.11. The molecule has 0 saturated carbocycles. The third-order valence-corrected chi connectivity index (χ3v) is 3.08. The lowest BCUT2D eigenvalue weighted by atomic mass is 10.3. The van der Waals surface area contributed by atoms with E-state index in [1.807, 2.05) is 6.92 Å². The fourth-order valence-electron chi connectivity index (χ4n) is 1.84. The van der Waals surface area contributed by atoms with Gasteiger partial charge in [0.05, 0.1) is 0 Å². The third kappa shape index (κ3) is 12.1. The van der Waals surface area contributed by atoms with Gasteiger partial charge in [-0.1, -0.05) is 6.07 Å². The minimum Gasteiger partial charge on any atom is -0.468 e. The van der Waals surface area contributed by atoms with Crippen LogP contribution in [-0.4, -0.2) is 50.5 Å². The molecule has 10 heteroatoms. The normalized spacial score (nSPS) is 11.7. The summed E-state index contributed by atoms with van der Waals surface area (Å²) in [4.78, 5) is 7.96. The number of halogens is 4. The molecule has 0 amide bonds. The zero-order valence-electron chi connectivity index (χ0n) is 14.9. The first-order chi connectivity index (χ1) is 11.9. The second-order valence-corrected chi connectivity index (χ2v) is 5.17. The van der Waals surface area contributed by atoms with Gasteiger partial charge in [-0.15, -0.1) is 24.0 Å². The van der Waals surface area contributed by atoms with Crippen molar-refractivity contribution < 1.29 is 22.6 Å². The van der Waals surface area contributed by atoms with Crippen LogP contribution in [0.5, 0.6) is 5.88 Å². The van der Waals surface area contributed by atoms with Crippen molar-refractivity contribution in [2.24, 2.45) is 4.99 Å². The van der Waals surface area contributed by atoms with Gasteiger partial charge in [0.2, 0.25) is 5.88 Å². The number of alkyl halides is 3. The summed E-state index contributed by atoms with van der Waals surface area (Å²) in [5.41, 5.74) is 0.804. The summed E-state index contributed by atoms with van der Waals surface area (Å²) in [6.45, 7) is 3.31. The maximum atomic E-state index is 12.1. The molecule has 0 bridgehead atoms. The van der Waals surface area contributed by atoms with Gasteiger partial charge >= 0.3 is 6.18 Å². The molecule has 6 nitrogen and oxygen atoms in total. The van der Waals surface area contributed by atoms with Crippen LogP contribution in [0.3, 0.4) is 0 Å². The first-order valence-electron chi connectivity index (χ1n) is 8.11. The summed E-state index contributed by atoms with van der Waals surface area (Å²) in [5.74, 6) is 0.590. The van der Waals surface area contributed by atoms with E-state index >= 15 is 0 Å². The minimum absolute atomic E-state index is 0. The van der Waals surface area contributed by atoms with E-state index in [-0.39, 0.29) is 29.9 Å². The van der Waals surface area contributed by atoms with Crippen LogP contribution < -0.4 is 15.4 Å². The van der Waals surface area contributed by atoms with E-state index in [0.717, 1.165) is 38.2 Å². The Bertz CT molecular complexity index is 513. The lowest BCUT2D eigenvalue weighted by Gasteiger charge is -2.12. The number of guanidine groups is 1. The van der Waals surface area contributed by atoms with E-state index in [4.69, 9.17) is 4.74 Å². The van der Waals surface area contributed by atoms with Crippen LogP contribution in [0.15, 0.2) is 23.3 Å². The van der Waals surface area contributed by atoms with Gasteiger partial charge in [-0.3, -0.25) is 4.99 Å². The van der Waals surface area contributed by atoms with Gasteiger partial charge in [-0.2, -0.15) is 13.2 Å². The summed E-state index contributed by atoms with van der Waals surface area (Å²) in [6.07, 6.45) is -0.967. The molecule has 2 N–H and O–H groups in total. The molecule has 0 aromatic carbocycles. The summed E-state index contributed by atoms with van der Waals surface area (Å²) in [5, 5.41) is 6.29. The van der Waals surface area contributed by atoms with Crippen molar-refractivity contribution in [1.82, 2.24) is 15.6 Å². The fourth-order valence-corrected chi connectivity index (χ4v) is 1.84. The van der Waals surface area contributed by atoms with Gasteiger partial charge in [-0.05, 0) is 25.3 Å². The molecule has 0 radical (unpaired) electrons. The van der Waals surface area contributed by atoms with Crippen LogP contribution in [0.2, 0.25) is 0 Å². The SMILES string of the molecule is CCOCCCCNC(=NC)NCc1ccc(OCC(F)(F)F)nc1.I. The third-order valence-electron chi connectivity index (χ3n) is 3.08. The Balaban J connectivity index is 0.00000625. The minimum atomic E-state index is -4.37.